The average Bonchev–Trinajstić information content (AvgIpc) is 2.86. The Morgan fingerprint density at radius 1 is 1.25 bits per heavy atom. The quantitative estimate of drug-likeness (QED) is 0.786. The third kappa shape index (κ3) is 5.10. The van der Waals surface area contributed by atoms with E-state index in [1.165, 1.54) is 30.3 Å². The van der Waals surface area contributed by atoms with Crippen molar-refractivity contribution in [3.8, 4) is 0 Å². The maximum Gasteiger partial charge on any atom is 0.0941 e. The van der Waals surface area contributed by atoms with Gasteiger partial charge in [0.25, 0.3) is 0 Å². The number of hydrogen-bond acceptors (Lipinski definition) is 6. The van der Waals surface area contributed by atoms with Crippen LogP contribution in [0.5, 0.6) is 0 Å². The van der Waals surface area contributed by atoms with Crippen molar-refractivity contribution in [3.05, 3.63) is 16.1 Å². The molecule has 0 atom stereocenters. The molecular weight excluding hydrogens is 270 g/mol. The van der Waals surface area contributed by atoms with E-state index in [1.54, 1.807) is 11.3 Å². The lowest BCUT2D eigenvalue weighted by Crippen LogP contribution is -2.47. The highest BCUT2D eigenvalue weighted by atomic mass is 32.1. The van der Waals surface area contributed by atoms with Gasteiger partial charge < -0.3 is 10.6 Å². The summed E-state index contributed by atoms with van der Waals surface area (Å²) in [5, 5.41) is 3.36. The van der Waals surface area contributed by atoms with Gasteiger partial charge in [0.15, 0.2) is 0 Å². The topological polar surface area (TPSA) is 48.6 Å². The molecule has 1 aromatic rings. The second kappa shape index (κ2) is 8.05. The zero-order valence-electron chi connectivity index (χ0n) is 12.7. The second-order valence-electron chi connectivity index (χ2n) is 5.69. The molecule has 0 unspecified atom stereocenters. The zero-order valence-corrected chi connectivity index (χ0v) is 13.5. The largest absolute Gasteiger partial charge is 0.330 e. The molecule has 1 aromatic heterocycles. The lowest BCUT2D eigenvalue weighted by atomic mass is 10.3. The summed E-state index contributed by atoms with van der Waals surface area (Å²) in [6.45, 7) is 8.66. The number of aromatic nitrogens is 1. The summed E-state index contributed by atoms with van der Waals surface area (Å²) >= 11 is 1.74. The predicted molar refractivity (Wildman–Crippen MR) is 85.1 cm³/mol. The van der Waals surface area contributed by atoms with E-state index in [0.29, 0.717) is 6.54 Å². The van der Waals surface area contributed by atoms with E-state index in [4.69, 9.17) is 5.73 Å². The van der Waals surface area contributed by atoms with Gasteiger partial charge in [-0.25, -0.2) is 4.98 Å². The molecule has 1 fully saturated rings. The van der Waals surface area contributed by atoms with Crippen LogP contribution in [0.1, 0.15) is 10.7 Å². The van der Waals surface area contributed by atoms with Gasteiger partial charge in [-0.15, -0.1) is 11.3 Å². The Bertz CT molecular complexity index is 385. The summed E-state index contributed by atoms with van der Waals surface area (Å²) in [6, 6.07) is 0. The van der Waals surface area contributed by atoms with E-state index in [2.05, 4.69) is 39.2 Å². The first-order valence-corrected chi connectivity index (χ1v) is 8.28. The molecule has 114 valence electrons. The number of piperazine rings is 1. The second-order valence-corrected chi connectivity index (χ2v) is 6.63. The molecule has 2 rings (SSSR count). The van der Waals surface area contributed by atoms with E-state index >= 15 is 0 Å². The molecule has 1 aliphatic heterocycles. The standard InChI is InChI=1S/C14H27N5S/c1-17(2)5-6-18-7-9-19(10-8-18)11-13-12-20-14(16-13)3-4-15/h12H,3-11,15H2,1-2H3. The SMILES string of the molecule is CN(C)CCN1CCN(Cc2csc(CCN)n2)CC1. The Morgan fingerprint density at radius 2 is 1.95 bits per heavy atom. The molecule has 1 aliphatic rings. The van der Waals surface area contributed by atoms with Crippen molar-refractivity contribution < 1.29 is 0 Å². The number of nitrogens with zero attached hydrogens (tertiary/aromatic N) is 4. The highest BCUT2D eigenvalue weighted by Crippen LogP contribution is 2.13. The first kappa shape index (κ1) is 15.9. The molecule has 0 amide bonds. The minimum Gasteiger partial charge on any atom is -0.330 e. The fourth-order valence-electron chi connectivity index (χ4n) is 2.40. The Balaban J connectivity index is 1.70. The monoisotopic (exact) mass is 297 g/mol. The van der Waals surface area contributed by atoms with Gasteiger partial charge in [-0.3, -0.25) is 9.80 Å². The summed E-state index contributed by atoms with van der Waals surface area (Å²) in [7, 11) is 4.27. The van der Waals surface area contributed by atoms with Crippen molar-refractivity contribution >= 4 is 11.3 Å². The van der Waals surface area contributed by atoms with Gasteiger partial charge in [0.05, 0.1) is 10.7 Å². The van der Waals surface area contributed by atoms with Crippen LogP contribution < -0.4 is 5.73 Å². The van der Waals surface area contributed by atoms with Gasteiger partial charge in [-0.05, 0) is 20.6 Å². The van der Waals surface area contributed by atoms with E-state index < -0.39 is 0 Å². The van der Waals surface area contributed by atoms with Crippen LogP contribution >= 0.6 is 11.3 Å². The number of rotatable bonds is 7. The number of thiazole rings is 1. The van der Waals surface area contributed by atoms with Crippen molar-refractivity contribution in [1.82, 2.24) is 19.7 Å². The molecule has 20 heavy (non-hydrogen) atoms. The predicted octanol–water partition coefficient (Wildman–Crippen LogP) is 0.324. The van der Waals surface area contributed by atoms with Crippen LogP contribution in [0, 0.1) is 0 Å². The summed E-state index contributed by atoms with van der Waals surface area (Å²) in [5.41, 5.74) is 6.77. The van der Waals surface area contributed by atoms with Gasteiger partial charge in [0, 0.05) is 57.6 Å². The molecule has 1 saturated heterocycles. The first-order chi connectivity index (χ1) is 9.67. The molecule has 0 bridgehead atoms. The third-order valence-corrected chi connectivity index (χ3v) is 4.63. The number of hydrogen-bond donors (Lipinski definition) is 1. The minimum atomic E-state index is 0.692. The van der Waals surface area contributed by atoms with E-state index in [-0.39, 0.29) is 0 Å². The number of likely N-dealkylation sites (N-methyl/N-ethyl adjacent to an activating group) is 1. The van der Waals surface area contributed by atoms with Crippen LogP contribution in [0.2, 0.25) is 0 Å². The van der Waals surface area contributed by atoms with Crippen LogP contribution in [0.3, 0.4) is 0 Å². The Kier molecular flexibility index (Phi) is 6.38. The maximum atomic E-state index is 5.57. The summed E-state index contributed by atoms with van der Waals surface area (Å²) < 4.78 is 0. The first-order valence-electron chi connectivity index (χ1n) is 7.40. The Morgan fingerprint density at radius 3 is 2.60 bits per heavy atom. The Hall–Kier alpha value is -0.530. The van der Waals surface area contributed by atoms with Crippen molar-refractivity contribution in [3.63, 3.8) is 0 Å². The summed E-state index contributed by atoms with van der Waals surface area (Å²) in [4.78, 5) is 12.0. The van der Waals surface area contributed by atoms with E-state index in [9.17, 15) is 0 Å². The molecule has 5 nitrogen and oxygen atoms in total. The number of nitrogens with two attached hydrogens (primary N) is 1. The highest BCUT2D eigenvalue weighted by molar-refractivity contribution is 7.09. The third-order valence-electron chi connectivity index (χ3n) is 3.67. The fraction of sp³-hybridized carbons (Fsp3) is 0.786. The summed E-state index contributed by atoms with van der Waals surface area (Å²) in [5.74, 6) is 0. The van der Waals surface area contributed by atoms with E-state index in [1.807, 2.05) is 0 Å². The van der Waals surface area contributed by atoms with Crippen molar-refractivity contribution in [1.29, 1.82) is 0 Å². The van der Waals surface area contributed by atoms with Crippen molar-refractivity contribution in [2.75, 3.05) is 59.9 Å². The van der Waals surface area contributed by atoms with Crippen LogP contribution in [0.4, 0.5) is 0 Å². The Labute approximate surface area is 126 Å². The lowest BCUT2D eigenvalue weighted by Gasteiger charge is -2.34. The van der Waals surface area contributed by atoms with Crippen LogP contribution in [-0.4, -0.2) is 79.6 Å². The van der Waals surface area contributed by atoms with E-state index in [0.717, 1.165) is 32.6 Å². The van der Waals surface area contributed by atoms with Crippen LogP contribution in [0.15, 0.2) is 5.38 Å². The van der Waals surface area contributed by atoms with Crippen LogP contribution in [-0.2, 0) is 13.0 Å². The molecule has 2 N–H and O–H groups in total. The van der Waals surface area contributed by atoms with Gasteiger partial charge >= 0.3 is 0 Å². The zero-order chi connectivity index (χ0) is 14.4. The lowest BCUT2D eigenvalue weighted by molar-refractivity contribution is 0.120. The molecular formula is C14H27N5S. The molecule has 0 aliphatic carbocycles. The molecule has 0 radical (unpaired) electrons. The molecule has 6 heteroatoms. The van der Waals surface area contributed by atoms with Crippen LogP contribution in [0.25, 0.3) is 0 Å². The van der Waals surface area contributed by atoms with Crippen molar-refractivity contribution in [2.45, 2.75) is 13.0 Å². The highest BCUT2D eigenvalue weighted by Gasteiger charge is 2.17. The molecule has 0 aromatic carbocycles. The molecule has 0 spiro atoms. The average molecular weight is 297 g/mol. The van der Waals surface area contributed by atoms with Crippen molar-refractivity contribution in [2.24, 2.45) is 5.73 Å². The smallest absolute Gasteiger partial charge is 0.0941 e. The van der Waals surface area contributed by atoms with Gasteiger partial charge in [0.1, 0.15) is 0 Å². The van der Waals surface area contributed by atoms with Gasteiger partial charge in [0.2, 0.25) is 0 Å². The molecule has 2 heterocycles. The van der Waals surface area contributed by atoms with Gasteiger partial charge in [-0.1, -0.05) is 0 Å². The summed E-state index contributed by atoms with van der Waals surface area (Å²) in [6.07, 6.45) is 0.906. The normalized spacial score (nSPS) is 18.0. The maximum absolute atomic E-state index is 5.57. The van der Waals surface area contributed by atoms with Gasteiger partial charge in [-0.2, -0.15) is 0 Å². The fourth-order valence-corrected chi connectivity index (χ4v) is 3.21. The molecule has 0 saturated carbocycles. The minimum absolute atomic E-state index is 0.692.